The molecule has 2 aromatic carbocycles. The van der Waals surface area contributed by atoms with Crippen molar-refractivity contribution in [3.05, 3.63) is 71.0 Å². The lowest BCUT2D eigenvalue weighted by molar-refractivity contribution is 0.102. The van der Waals surface area contributed by atoms with E-state index in [2.05, 4.69) is 20.6 Å². The van der Waals surface area contributed by atoms with Gasteiger partial charge in [0, 0.05) is 17.1 Å². The number of nitrogens with zero attached hydrogens (tertiary/aromatic N) is 2. The molecule has 0 saturated heterocycles. The van der Waals surface area contributed by atoms with Gasteiger partial charge in [-0.3, -0.25) is 4.79 Å². The Bertz CT molecular complexity index is 968. The summed E-state index contributed by atoms with van der Waals surface area (Å²) < 4.78 is 5.15. The molecule has 1 aromatic heterocycles. The van der Waals surface area contributed by atoms with Crippen molar-refractivity contribution in [1.29, 1.82) is 0 Å². The molecule has 138 valence electrons. The Kier molecular flexibility index (Phi) is 5.35. The molecule has 0 aliphatic heterocycles. The molecule has 0 aliphatic rings. The van der Waals surface area contributed by atoms with Gasteiger partial charge in [-0.05, 0) is 62.7 Å². The maximum atomic E-state index is 12.6. The van der Waals surface area contributed by atoms with Crippen LogP contribution in [-0.4, -0.2) is 23.0 Å². The summed E-state index contributed by atoms with van der Waals surface area (Å²) in [6.07, 6.45) is 0. The first-order valence-electron chi connectivity index (χ1n) is 8.60. The SMILES string of the molecule is COc1ccc(Nc2nc(C)cc(C(=O)Nc3ccc(C)cc3C)n2)cc1. The van der Waals surface area contributed by atoms with E-state index in [0.29, 0.717) is 17.3 Å². The summed E-state index contributed by atoms with van der Waals surface area (Å²) in [6, 6.07) is 14.9. The fourth-order valence-corrected chi connectivity index (χ4v) is 2.68. The Balaban J connectivity index is 1.80. The lowest BCUT2D eigenvalue weighted by Crippen LogP contribution is -2.16. The molecule has 6 heteroatoms. The third-order valence-electron chi connectivity index (χ3n) is 4.06. The zero-order valence-electron chi connectivity index (χ0n) is 15.8. The Hall–Kier alpha value is -3.41. The average Bonchev–Trinajstić information content (AvgIpc) is 2.64. The Labute approximate surface area is 158 Å². The van der Waals surface area contributed by atoms with E-state index in [4.69, 9.17) is 4.74 Å². The number of carbonyl (C=O) groups excluding carboxylic acids is 1. The molecule has 1 amide bonds. The number of nitrogens with one attached hydrogen (secondary N) is 2. The van der Waals surface area contributed by atoms with E-state index in [0.717, 1.165) is 28.3 Å². The van der Waals surface area contributed by atoms with Crippen LogP contribution in [0.1, 0.15) is 27.3 Å². The Morgan fingerprint density at radius 2 is 1.70 bits per heavy atom. The van der Waals surface area contributed by atoms with Crippen molar-refractivity contribution >= 4 is 23.2 Å². The fraction of sp³-hybridized carbons (Fsp3) is 0.190. The normalized spacial score (nSPS) is 10.4. The van der Waals surface area contributed by atoms with Crippen LogP contribution in [0.2, 0.25) is 0 Å². The number of methoxy groups -OCH3 is 1. The van der Waals surface area contributed by atoms with E-state index >= 15 is 0 Å². The average molecular weight is 362 g/mol. The molecule has 3 rings (SSSR count). The number of hydrogen-bond acceptors (Lipinski definition) is 5. The second-order valence-electron chi connectivity index (χ2n) is 6.34. The summed E-state index contributed by atoms with van der Waals surface area (Å²) in [5.41, 5.74) is 4.74. The van der Waals surface area contributed by atoms with Crippen LogP contribution in [-0.2, 0) is 0 Å². The van der Waals surface area contributed by atoms with Gasteiger partial charge < -0.3 is 15.4 Å². The summed E-state index contributed by atoms with van der Waals surface area (Å²) >= 11 is 0. The molecule has 3 aromatic rings. The van der Waals surface area contributed by atoms with Crippen molar-refractivity contribution in [2.24, 2.45) is 0 Å². The van der Waals surface area contributed by atoms with Crippen LogP contribution >= 0.6 is 0 Å². The minimum Gasteiger partial charge on any atom is -0.497 e. The first-order valence-corrected chi connectivity index (χ1v) is 8.60. The Morgan fingerprint density at radius 1 is 0.963 bits per heavy atom. The van der Waals surface area contributed by atoms with Gasteiger partial charge in [0.2, 0.25) is 5.95 Å². The molecule has 1 heterocycles. The zero-order chi connectivity index (χ0) is 19.4. The molecule has 0 unspecified atom stereocenters. The minimum absolute atomic E-state index is 0.273. The van der Waals surface area contributed by atoms with Gasteiger partial charge in [0.05, 0.1) is 7.11 Å². The number of ether oxygens (including phenoxy) is 1. The summed E-state index contributed by atoms with van der Waals surface area (Å²) in [4.78, 5) is 21.4. The van der Waals surface area contributed by atoms with Crippen LogP contribution in [0.5, 0.6) is 5.75 Å². The number of rotatable bonds is 5. The number of anilines is 3. The highest BCUT2D eigenvalue weighted by molar-refractivity contribution is 6.03. The van der Waals surface area contributed by atoms with Crippen LogP contribution in [0.15, 0.2) is 48.5 Å². The Morgan fingerprint density at radius 3 is 2.37 bits per heavy atom. The number of carbonyl (C=O) groups is 1. The number of hydrogen-bond donors (Lipinski definition) is 2. The first-order chi connectivity index (χ1) is 12.9. The number of amides is 1. The number of aryl methyl sites for hydroxylation is 3. The highest BCUT2D eigenvalue weighted by atomic mass is 16.5. The molecular weight excluding hydrogens is 340 g/mol. The van der Waals surface area contributed by atoms with E-state index < -0.39 is 0 Å². The predicted molar refractivity (Wildman–Crippen MR) is 107 cm³/mol. The maximum Gasteiger partial charge on any atom is 0.274 e. The second kappa shape index (κ2) is 7.86. The summed E-state index contributed by atoms with van der Waals surface area (Å²) in [5, 5.41) is 6.03. The zero-order valence-corrected chi connectivity index (χ0v) is 15.8. The molecule has 0 bridgehead atoms. The van der Waals surface area contributed by atoms with Crippen molar-refractivity contribution in [3.63, 3.8) is 0 Å². The molecular formula is C21H22N4O2. The van der Waals surface area contributed by atoms with Crippen molar-refractivity contribution in [2.45, 2.75) is 20.8 Å². The van der Waals surface area contributed by atoms with Crippen molar-refractivity contribution in [2.75, 3.05) is 17.7 Å². The van der Waals surface area contributed by atoms with Crippen LogP contribution in [0, 0.1) is 20.8 Å². The third-order valence-corrected chi connectivity index (χ3v) is 4.06. The smallest absolute Gasteiger partial charge is 0.274 e. The van der Waals surface area contributed by atoms with E-state index in [1.165, 1.54) is 0 Å². The largest absolute Gasteiger partial charge is 0.497 e. The summed E-state index contributed by atoms with van der Waals surface area (Å²) in [7, 11) is 1.62. The molecule has 6 nitrogen and oxygen atoms in total. The molecule has 0 aliphatic carbocycles. The maximum absolute atomic E-state index is 12.6. The highest BCUT2D eigenvalue weighted by Gasteiger charge is 2.12. The molecule has 0 atom stereocenters. The molecule has 0 saturated carbocycles. The van der Waals surface area contributed by atoms with E-state index in [-0.39, 0.29) is 5.91 Å². The fourth-order valence-electron chi connectivity index (χ4n) is 2.68. The molecule has 2 N–H and O–H groups in total. The molecule has 27 heavy (non-hydrogen) atoms. The van der Waals surface area contributed by atoms with Crippen LogP contribution < -0.4 is 15.4 Å². The topological polar surface area (TPSA) is 76.1 Å². The third kappa shape index (κ3) is 4.61. The van der Waals surface area contributed by atoms with Crippen molar-refractivity contribution < 1.29 is 9.53 Å². The van der Waals surface area contributed by atoms with E-state index in [1.807, 2.05) is 63.2 Å². The standard InChI is InChI=1S/C21H22N4O2/c1-13-5-10-18(14(2)11-13)24-20(26)19-12-15(3)22-21(25-19)23-16-6-8-17(27-4)9-7-16/h5-12H,1-4H3,(H,24,26)(H,22,23,25). The molecule has 0 fully saturated rings. The van der Waals surface area contributed by atoms with E-state index in [1.54, 1.807) is 13.2 Å². The van der Waals surface area contributed by atoms with Crippen molar-refractivity contribution in [1.82, 2.24) is 9.97 Å². The quantitative estimate of drug-likeness (QED) is 0.703. The van der Waals surface area contributed by atoms with Crippen LogP contribution in [0.25, 0.3) is 0 Å². The van der Waals surface area contributed by atoms with Crippen LogP contribution in [0.4, 0.5) is 17.3 Å². The van der Waals surface area contributed by atoms with Gasteiger partial charge in [0.15, 0.2) is 0 Å². The van der Waals surface area contributed by atoms with Gasteiger partial charge in [-0.1, -0.05) is 17.7 Å². The van der Waals surface area contributed by atoms with Gasteiger partial charge in [0.25, 0.3) is 5.91 Å². The predicted octanol–water partition coefficient (Wildman–Crippen LogP) is 4.41. The number of aromatic nitrogens is 2. The lowest BCUT2D eigenvalue weighted by atomic mass is 10.1. The monoisotopic (exact) mass is 362 g/mol. The van der Waals surface area contributed by atoms with Gasteiger partial charge in [-0.15, -0.1) is 0 Å². The van der Waals surface area contributed by atoms with Crippen molar-refractivity contribution in [3.8, 4) is 5.75 Å². The van der Waals surface area contributed by atoms with E-state index in [9.17, 15) is 4.79 Å². The molecule has 0 radical (unpaired) electrons. The van der Waals surface area contributed by atoms with Gasteiger partial charge in [-0.25, -0.2) is 9.97 Å². The van der Waals surface area contributed by atoms with Gasteiger partial charge >= 0.3 is 0 Å². The highest BCUT2D eigenvalue weighted by Crippen LogP contribution is 2.20. The first kappa shape index (κ1) is 18.4. The number of benzene rings is 2. The lowest BCUT2D eigenvalue weighted by Gasteiger charge is -2.11. The second-order valence-corrected chi connectivity index (χ2v) is 6.34. The van der Waals surface area contributed by atoms with Gasteiger partial charge in [0.1, 0.15) is 11.4 Å². The van der Waals surface area contributed by atoms with Crippen LogP contribution in [0.3, 0.4) is 0 Å². The summed E-state index contributed by atoms with van der Waals surface area (Å²) in [6.45, 7) is 5.81. The van der Waals surface area contributed by atoms with Gasteiger partial charge in [-0.2, -0.15) is 0 Å². The summed E-state index contributed by atoms with van der Waals surface area (Å²) in [5.74, 6) is 0.857. The molecule has 0 spiro atoms. The minimum atomic E-state index is -0.273.